The molecule has 0 aliphatic rings. The Hall–Kier alpha value is -2.05. The molecular formula is C17H20N4OS. The first kappa shape index (κ1) is 15.8. The number of nitrogens with one attached hydrogen (secondary N) is 1. The highest BCUT2D eigenvalue weighted by atomic mass is 32.1. The third kappa shape index (κ3) is 3.33. The van der Waals surface area contributed by atoms with Gasteiger partial charge in [-0.15, -0.1) is 0 Å². The molecule has 0 radical (unpaired) electrons. The number of fused-ring (bicyclic) bond motifs is 1. The first-order valence-corrected chi connectivity index (χ1v) is 8.42. The van der Waals surface area contributed by atoms with E-state index < -0.39 is 0 Å². The van der Waals surface area contributed by atoms with Crippen molar-refractivity contribution in [1.82, 2.24) is 19.9 Å². The van der Waals surface area contributed by atoms with Gasteiger partial charge in [0.05, 0.1) is 5.69 Å². The van der Waals surface area contributed by atoms with E-state index in [4.69, 9.17) is 0 Å². The Morgan fingerprint density at radius 2 is 2.04 bits per heavy atom. The summed E-state index contributed by atoms with van der Waals surface area (Å²) in [4.78, 5) is 17.2. The summed E-state index contributed by atoms with van der Waals surface area (Å²) in [5, 5.41) is 8.45. The summed E-state index contributed by atoms with van der Waals surface area (Å²) in [6.07, 6.45) is 0. The van der Waals surface area contributed by atoms with Crippen LogP contribution in [0.3, 0.4) is 0 Å². The van der Waals surface area contributed by atoms with Gasteiger partial charge in [-0.05, 0) is 38.8 Å². The van der Waals surface area contributed by atoms with Gasteiger partial charge >= 0.3 is 0 Å². The lowest BCUT2D eigenvalue weighted by Crippen LogP contribution is -2.22. The van der Waals surface area contributed by atoms with E-state index in [9.17, 15) is 4.79 Å². The Kier molecular flexibility index (Phi) is 4.28. The topological polar surface area (TPSA) is 59.3 Å². The molecule has 0 amide bonds. The second-order valence-corrected chi connectivity index (χ2v) is 7.02. The number of nitrogens with zero attached hydrogens (tertiary/aromatic N) is 3. The Balaban J connectivity index is 1.80. The van der Waals surface area contributed by atoms with Gasteiger partial charge in [0.25, 0.3) is 5.56 Å². The fourth-order valence-electron chi connectivity index (χ4n) is 2.64. The highest BCUT2D eigenvalue weighted by Gasteiger charge is 2.11. The van der Waals surface area contributed by atoms with Crippen molar-refractivity contribution in [1.29, 1.82) is 0 Å². The van der Waals surface area contributed by atoms with E-state index in [1.165, 1.54) is 32.5 Å². The molecule has 2 aromatic heterocycles. The maximum Gasteiger partial charge on any atom is 0.275 e. The van der Waals surface area contributed by atoms with E-state index in [2.05, 4.69) is 54.4 Å². The van der Waals surface area contributed by atoms with Gasteiger partial charge in [-0.3, -0.25) is 4.79 Å². The van der Waals surface area contributed by atoms with E-state index in [-0.39, 0.29) is 11.6 Å². The molecule has 0 bridgehead atoms. The van der Waals surface area contributed by atoms with Crippen molar-refractivity contribution in [2.45, 2.75) is 40.3 Å². The molecule has 0 saturated heterocycles. The van der Waals surface area contributed by atoms with Crippen molar-refractivity contribution in [3.05, 3.63) is 62.0 Å². The van der Waals surface area contributed by atoms with Crippen molar-refractivity contribution in [3.8, 4) is 0 Å². The monoisotopic (exact) mass is 328 g/mol. The van der Waals surface area contributed by atoms with Gasteiger partial charge in [0.1, 0.15) is 5.01 Å². The molecule has 3 aromatic rings. The fraction of sp³-hybridized carbons (Fsp3) is 0.353. The zero-order valence-electron chi connectivity index (χ0n) is 13.8. The van der Waals surface area contributed by atoms with Crippen LogP contribution in [-0.2, 0) is 6.54 Å². The number of aromatic nitrogens is 3. The molecular weight excluding hydrogens is 308 g/mol. The van der Waals surface area contributed by atoms with Gasteiger partial charge in [-0.2, -0.15) is 9.61 Å². The molecule has 0 spiro atoms. The van der Waals surface area contributed by atoms with Crippen LogP contribution >= 0.6 is 11.3 Å². The molecule has 1 aromatic carbocycles. The summed E-state index contributed by atoms with van der Waals surface area (Å²) < 4.78 is 1.36. The van der Waals surface area contributed by atoms with Crippen LogP contribution in [0.1, 0.15) is 40.4 Å². The third-order valence-corrected chi connectivity index (χ3v) is 4.71. The summed E-state index contributed by atoms with van der Waals surface area (Å²) in [6.45, 7) is 8.77. The average molecular weight is 328 g/mol. The molecule has 6 heteroatoms. The fourth-order valence-corrected chi connectivity index (χ4v) is 3.40. The molecule has 0 aliphatic carbocycles. The SMILES string of the molecule is Cc1ccc(C)c([C@H](C)NCc2cc(=O)n3nc(C)sc3n2)c1. The van der Waals surface area contributed by atoms with Crippen LogP contribution in [0.5, 0.6) is 0 Å². The van der Waals surface area contributed by atoms with Crippen LogP contribution in [0, 0.1) is 20.8 Å². The lowest BCUT2D eigenvalue weighted by Gasteiger charge is -2.17. The van der Waals surface area contributed by atoms with Crippen molar-refractivity contribution in [3.63, 3.8) is 0 Å². The molecule has 3 rings (SSSR count). The third-order valence-electron chi connectivity index (χ3n) is 3.89. The van der Waals surface area contributed by atoms with Crippen molar-refractivity contribution < 1.29 is 0 Å². The zero-order valence-corrected chi connectivity index (χ0v) is 14.6. The van der Waals surface area contributed by atoms with Crippen LogP contribution in [0.2, 0.25) is 0 Å². The number of rotatable bonds is 4. The van der Waals surface area contributed by atoms with E-state index in [0.717, 1.165) is 10.7 Å². The van der Waals surface area contributed by atoms with E-state index in [1.54, 1.807) is 6.07 Å². The number of aryl methyl sites for hydroxylation is 3. The van der Waals surface area contributed by atoms with E-state index in [1.807, 2.05) is 6.92 Å². The molecule has 23 heavy (non-hydrogen) atoms. The first-order chi connectivity index (χ1) is 10.9. The predicted octanol–water partition coefficient (Wildman–Crippen LogP) is 2.93. The van der Waals surface area contributed by atoms with Crippen LogP contribution in [0.15, 0.2) is 29.1 Å². The molecule has 0 aliphatic heterocycles. The molecule has 1 atom stereocenters. The molecule has 0 saturated carbocycles. The van der Waals surface area contributed by atoms with E-state index in [0.29, 0.717) is 11.5 Å². The van der Waals surface area contributed by atoms with Crippen LogP contribution in [0.25, 0.3) is 4.96 Å². The minimum atomic E-state index is -0.129. The summed E-state index contributed by atoms with van der Waals surface area (Å²) >= 11 is 1.43. The second-order valence-electron chi connectivity index (χ2n) is 5.86. The lowest BCUT2D eigenvalue weighted by molar-refractivity contribution is 0.564. The standard InChI is InChI=1S/C17H20N4OS/c1-10-5-6-11(2)15(7-10)12(3)18-9-14-8-16(22)21-17(19-14)23-13(4)20-21/h5-8,12,18H,9H2,1-4H3/t12-/m0/s1. The van der Waals surface area contributed by atoms with Gasteiger partial charge in [0, 0.05) is 18.7 Å². The smallest absolute Gasteiger partial charge is 0.275 e. The normalized spacial score (nSPS) is 12.7. The zero-order chi connectivity index (χ0) is 16.6. The number of hydrogen-bond donors (Lipinski definition) is 1. The maximum atomic E-state index is 12.1. The maximum absolute atomic E-state index is 12.1. The second kappa shape index (κ2) is 6.22. The van der Waals surface area contributed by atoms with Crippen molar-refractivity contribution in [2.24, 2.45) is 0 Å². The van der Waals surface area contributed by atoms with Gasteiger partial charge in [0.2, 0.25) is 4.96 Å². The Morgan fingerprint density at radius 3 is 2.83 bits per heavy atom. The number of hydrogen-bond acceptors (Lipinski definition) is 5. The molecule has 0 fully saturated rings. The highest BCUT2D eigenvalue weighted by molar-refractivity contribution is 7.16. The molecule has 2 heterocycles. The minimum Gasteiger partial charge on any atom is -0.305 e. The van der Waals surface area contributed by atoms with Crippen LogP contribution in [0.4, 0.5) is 0 Å². The first-order valence-electron chi connectivity index (χ1n) is 7.61. The van der Waals surface area contributed by atoms with Crippen LogP contribution in [-0.4, -0.2) is 14.6 Å². The summed E-state index contributed by atoms with van der Waals surface area (Å²) in [5.41, 5.74) is 4.40. The Bertz CT molecular complexity index is 913. The Morgan fingerprint density at radius 1 is 1.26 bits per heavy atom. The van der Waals surface area contributed by atoms with Gasteiger partial charge in [-0.25, -0.2) is 4.98 Å². The molecule has 120 valence electrons. The quantitative estimate of drug-likeness (QED) is 0.800. The lowest BCUT2D eigenvalue weighted by atomic mass is 10.00. The van der Waals surface area contributed by atoms with Gasteiger partial charge in [-0.1, -0.05) is 35.1 Å². The molecule has 1 N–H and O–H groups in total. The van der Waals surface area contributed by atoms with Crippen molar-refractivity contribution >= 4 is 16.3 Å². The predicted molar refractivity (Wildman–Crippen MR) is 93.0 cm³/mol. The summed E-state index contributed by atoms with van der Waals surface area (Å²) in [7, 11) is 0. The van der Waals surface area contributed by atoms with E-state index >= 15 is 0 Å². The highest BCUT2D eigenvalue weighted by Crippen LogP contribution is 2.19. The Labute approximate surface area is 139 Å². The molecule has 0 unspecified atom stereocenters. The van der Waals surface area contributed by atoms with Gasteiger partial charge < -0.3 is 5.32 Å². The summed E-state index contributed by atoms with van der Waals surface area (Å²) in [6, 6.07) is 8.20. The van der Waals surface area contributed by atoms with Gasteiger partial charge in [0.15, 0.2) is 0 Å². The minimum absolute atomic E-state index is 0.129. The largest absolute Gasteiger partial charge is 0.305 e. The molecule has 5 nitrogen and oxygen atoms in total. The van der Waals surface area contributed by atoms with Crippen molar-refractivity contribution in [2.75, 3.05) is 0 Å². The number of benzene rings is 1. The van der Waals surface area contributed by atoms with Crippen LogP contribution < -0.4 is 10.9 Å². The average Bonchev–Trinajstić information content (AvgIpc) is 2.88. The summed E-state index contributed by atoms with van der Waals surface area (Å²) in [5.74, 6) is 0.